The number of amides is 1. The zero-order valence-electron chi connectivity index (χ0n) is 15.2. The molecule has 150 valence electrons. The number of piperidine rings is 1. The van der Waals surface area contributed by atoms with Crippen molar-refractivity contribution in [3.63, 3.8) is 0 Å². The zero-order chi connectivity index (χ0) is 20.3. The molecule has 1 N–H and O–H groups in total. The van der Waals surface area contributed by atoms with E-state index in [1.807, 2.05) is 0 Å². The average Bonchev–Trinajstić information content (AvgIpc) is 2.71. The zero-order valence-corrected chi connectivity index (χ0v) is 17.5. The number of nitrogens with one attached hydrogen (secondary N) is 1. The van der Waals surface area contributed by atoms with Gasteiger partial charge >= 0.3 is 0 Å². The lowest BCUT2D eigenvalue weighted by molar-refractivity contribution is -0.120. The second kappa shape index (κ2) is 8.69. The minimum absolute atomic E-state index is 0.189. The molecule has 1 aliphatic heterocycles. The number of rotatable bonds is 5. The van der Waals surface area contributed by atoms with Crippen molar-refractivity contribution in [1.82, 2.24) is 4.31 Å². The maximum absolute atomic E-state index is 12.8. The van der Waals surface area contributed by atoms with Crippen molar-refractivity contribution in [2.24, 2.45) is 5.92 Å². The summed E-state index contributed by atoms with van der Waals surface area (Å²) in [7, 11) is -2.08. The third-order valence-corrected chi connectivity index (χ3v) is 7.46. The number of carbonyl (C=O) groups is 1. The van der Waals surface area contributed by atoms with Gasteiger partial charge in [-0.3, -0.25) is 4.79 Å². The number of carbonyl (C=O) groups excluding carboxylic acids is 1. The minimum atomic E-state index is -3.60. The van der Waals surface area contributed by atoms with E-state index in [0.717, 1.165) is 0 Å². The van der Waals surface area contributed by atoms with Crippen LogP contribution >= 0.6 is 23.2 Å². The second-order valence-corrected chi connectivity index (χ2v) is 9.17. The van der Waals surface area contributed by atoms with Crippen LogP contribution in [0.1, 0.15) is 12.8 Å². The lowest BCUT2D eigenvalue weighted by Crippen LogP contribution is -2.41. The van der Waals surface area contributed by atoms with Gasteiger partial charge in [0.15, 0.2) is 0 Å². The SMILES string of the molecule is COc1ccc(S(=O)(=O)N2CCC(C(=O)Nc3cccc(Cl)c3Cl)CC2)cc1. The smallest absolute Gasteiger partial charge is 0.243 e. The topological polar surface area (TPSA) is 75.7 Å². The lowest BCUT2D eigenvalue weighted by atomic mass is 9.97. The van der Waals surface area contributed by atoms with Gasteiger partial charge in [-0.1, -0.05) is 29.3 Å². The Morgan fingerprint density at radius 2 is 1.75 bits per heavy atom. The molecule has 0 bridgehead atoms. The van der Waals surface area contributed by atoms with Crippen LogP contribution in [0.25, 0.3) is 0 Å². The molecule has 0 spiro atoms. The Bertz CT molecular complexity index is 956. The van der Waals surface area contributed by atoms with Gasteiger partial charge in [-0.25, -0.2) is 8.42 Å². The highest BCUT2D eigenvalue weighted by Gasteiger charge is 2.32. The van der Waals surface area contributed by atoms with E-state index in [1.54, 1.807) is 30.3 Å². The van der Waals surface area contributed by atoms with Crippen LogP contribution in [0.2, 0.25) is 10.0 Å². The second-order valence-electron chi connectivity index (χ2n) is 6.44. The normalized spacial score (nSPS) is 16.0. The van der Waals surface area contributed by atoms with E-state index in [9.17, 15) is 13.2 Å². The first kappa shape index (κ1) is 20.9. The molecule has 0 aromatic heterocycles. The molecule has 0 unspecified atom stereocenters. The van der Waals surface area contributed by atoms with Gasteiger partial charge < -0.3 is 10.1 Å². The molecule has 0 radical (unpaired) electrons. The number of benzene rings is 2. The van der Waals surface area contributed by atoms with Crippen molar-refractivity contribution in [2.75, 3.05) is 25.5 Å². The summed E-state index contributed by atoms with van der Waals surface area (Å²) >= 11 is 12.1. The molecule has 9 heteroatoms. The van der Waals surface area contributed by atoms with Crippen molar-refractivity contribution >= 4 is 44.8 Å². The van der Waals surface area contributed by atoms with Crippen LogP contribution in [0, 0.1) is 5.92 Å². The molecule has 2 aromatic carbocycles. The molecule has 1 heterocycles. The molecular weight excluding hydrogens is 423 g/mol. The number of methoxy groups -OCH3 is 1. The molecular formula is C19H20Cl2N2O4S. The summed E-state index contributed by atoms with van der Waals surface area (Å²) in [6, 6.07) is 11.3. The first-order chi connectivity index (χ1) is 13.3. The third kappa shape index (κ3) is 4.43. The van der Waals surface area contributed by atoms with Crippen LogP contribution in [0.3, 0.4) is 0 Å². The van der Waals surface area contributed by atoms with Crippen molar-refractivity contribution in [2.45, 2.75) is 17.7 Å². The number of halogens is 2. The molecule has 0 aliphatic carbocycles. The highest BCUT2D eigenvalue weighted by Crippen LogP contribution is 2.31. The fraction of sp³-hybridized carbons (Fsp3) is 0.316. The number of hydrogen-bond donors (Lipinski definition) is 1. The van der Waals surface area contributed by atoms with E-state index < -0.39 is 10.0 Å². The van der Waals surface area contributed by atoms with Crippen molar-refractivity contribution in [3.05, 3.63) is 52.5 Å². The molecule has 2 aromatic rings. The van der Waals surface area contributed by atoms with Gasteiger partial charge in [-0.15, -0.1) is 0 Å². The van der Waals surface area contributed by atoms with E-state index in [1.165, 1.54) is 23.5 Å². The highest BCUT2D eigenvalue weighted by molar-refractivity contribution is 7.89. The fourth-order valence-electron chi connectivity index (χ4n) is 3.09. The summed E-state index contributed by atoms with van der Waals surface area (Å²) in [6.45, 7) is 0.547. The summed E-state index contributed by atoms with van der Waals surface area (Å²) < 4.78 is 32.0. The third-order valence-electron chi connectivity index (χ3n) is 4.73. The van der Waals surface area contributed by atoms with Gasteiger partial charge in [0.2, 0.25) is 15.9 Å². The van der Waals surface area contributed by atoms with Crippen LogP contribution in [0.15, 0.2) is 47.4 Å². The number of anilines is 1. The average molecular weight is 443 g/mol. The molecule has 6 nitrogen and oxygen atoms in total. The monoisotopic (exact) mass is 442 g/mol. The summed E-state index contributed by atoms with van der Waals surface area (Å²) in [5.41, 5.74) is 0.451. The predicted octanol–water partition coefficient (Wildman–Crippen LogP) is 4.04. The van der Waals surface area contributed by atoms with Gasteiger partial charge in [0, 0.05) is 19.0 Å². The van der Waals surface area contributed by atoms with E-state index in [-0.39, 0.29) is 34.8 Å². The van der Waals surface area contributed by atoms with Crippen molar-refractivity contribution < 1.29 is 17.9 Å². The Balaban J connectivity index is 1.63. The molecule has 0 atom stereocenters. The summed E-state index contributed by atoms with van der Waals surface area (Å²) in [6.07, 6.45) is 0.860. The minimum Gasteiger partial charge on any atom is -0.497 e. The van der Waals surface area contributed by atoms with Gasteiger partial charge in [-0.2, -0.15) is 4.31 Å². The van der Waals surface area contributed by atoms with Gasteiger partial charge in [0.05, 0.1) is 27.7 Å². The molecule has 1 amide bonds. The van der Waals surface area contributed by atoms with Crippen molar-refractivity contribution in [3.8, 4) is 5.75 Å². The number of sulfonamides is 1. The van der Waals surface area contributed by atoms with Crippen LogP contribution in [-0.2, 0) is 14.8 Å². The quantitative estimate of drug-likeness (QED) is 0.757. The standard InChI is InChI=1S/C19H20Cl2N2O4S/c1-27-14-5-7-15(8-6-14)28(25,26)23-11-9-13(10-12-23)19(24)22-17-4-2-3-16(20)18(17)21/h2-8,13H,9-12H2,1H3,(H,22,24). The van der Waals surface area contributed by atoms with E-state index in [2.05, 4.69) is 5.32 Å². The van der Waals surface area contributed by atoms with E-state index >= 15 is 0 Å². The highest BCUT2D eigenvalue weighted by atomic mass is 35.5. The number of nitrogens with zero attached hydrogens (tertiary/aromatic N) is 1. The van der Waals surface area contributed by atoms with Gasteiger partial charge in [0.1, 0.15) is 5.75 Å². The molecule has 1 fully saturated rings. The van der Waals surface area contributed by atoms with Gasteiger partial charge in [-0.05, 0) is 49.2 Å². The Kier molecular flexibility index (Phi) is 6.50. The number of ether oxygens (including phenoxy) is 1. The predicted molar refractivity (Wildman–Crippen MR) is 110 cm³/mol. The largest absolute Gasteiger partial charge is 0.497 e. The number of hydrogen-bond acceptors (Lipinski definition) is 4. The molecule has 28 heavy (non-hydrogen) atoms. The Labute approximate surface area is 174 Å². The van der Waals surface area contributed by atoms with Crippen LogP contribution < -0.4 is 10.1 Å². The maximum atomic E-state index is 12.8. The Morgan fingerprint density at radius 1 is 1.11 bits per heavy atom. The molecule has 1 aliphatic rings. The molecule has 3 rings (SSSR count). The van der Waals surface area contributed by atoms with Crippen LogP contribution in [0.5, 0.6) is 5.75 Å². The lowest BCUT2D eigenvalue weighted by Gasteiger charge is -2.30. The molecule has 1 saturated heterocycles. The Morgan fingerprint density at radius 3 is 2.36 bits per heavy atom. The Hall–Kier alpha value is -1.80. The summed E-state index contributed by atoms with van der Waals surface area (Å²) in [4.78, 5) is 12.7. The van der Waals surface area contributed by atoms with Crippen molar-refractivity contribution in [1.29, 1.82) is 0 Å². The maximum Gasteiger partial charge on any atom is 0.243 e. The molecule has 0 saturated carbocycles. The van der Waals surface area contributed by atoms with Gasteiger partial charge in [0.25, 0.3) is 0 Å². The van der Waals surface area contributed by atoms with Crippen LogP contribution in [-0.4, -0.2) is 38.8 Å². The first-order valence-corrected chi connectivity index (χ1v) is 10.9. The van der Waals surface area contributed by atoms with E-state index in [0.29, 0.717) is 29.3 Å². The van der Waals surface area contributed by atoms with E-state index in [4.69, 9.17) is 27.9 Å². The summed E-state index contributed by atoms with van der Waals surface area (Å²) in [5, 5.41) is 3.43. The first-order valence-electron chi connectivity index (χ1n) is 8.72. The van der Waals surface area contributed by atoms with Crippen LogP contribution in [0.4, 0.5) is 5.69 Å². The fourth-order valence-corrected chi connectivity index (χ4v) is 4.91. The summed E-state index contributed by atoms with van der Waals surface area (Å²) in [5.74, 6) is 0.108.